The summed E-state index contributed by atoms with van der Waals surface area (Å²) in [5.41, 5.74) is -4.26. The molecule has 24 heavy (non-hydrogen) atoms. The molecule has 0 aliphatic carbocycles. The van der Waals surface area contributed by atoms with Gasteiger partial charge in [-0.05, 0) is 17.0 Å². The van der Waals surface area contributed by atoms with Crippen molar-refractivity contribution < 1.29 is 37.7 Å². The van der Waals surface area contributed by atoms with Crippen molar-refractivity contribution in [2.45, 2.75) is 39.0 Å². The highest BCUT2D eigenvalue weighted by molar-refractivity contribution is 6.02. The largest absolute Gasteiger partial charge is 0.479 e. The number of benzene rings is 1. The van der Waals surface area contributed by atoms with E-state index in [1.54, 1.807) is 20.8 Å². The van der Waals surface area contributed by atoms with Crippen LogP contribution in [0.4, 0.5) is 13.2 Å². The molecule has 0 atom stereocenters. The van der Waals surface area contributed by atoms with Crippen LogP contribution in [0, 0.1) is 5.41 Å². The number of alkyl halides is 3. The molecule has 0 aliphatic heterocycles. The minimum Gasteiger partial charge on any atom is -0.479 e. The van der Waals surface area contributed by atoms with Crippen LogP contribution in [0.1, 0.15) is 31.9 Å². The van der Waals surface area contributed by atoms with Gasteiger partial charge in [0.2, 0.25) is 0 Å². The Labute approximate surface area is 137 Å². The maximum atomic E-state index is 12.8. The van der Waals surface area contributed by atoms with Gasteiger partial charge in [-0.1, -0.05) is 39.0 Å². The number of halogens is 3. The Hall–Kier alpha value is -2.09. The molecule has 0 unspecified atom stereocenters. The van der Waals surface area contributed by atoms with Crippen molar-refractivity contribution in [2.75, 3.05) is 6.61 Å². The third-order valence-corrected chi connectivity index (χ3v) is 3.15. The second-order valence-corrected chi connectivity index (χ2v) is 6.66. The summed E-state index contributed by atoms with van der Waals surface area (Å²) in [5.74, 6) is -3.53. The number of ether oxygens (including phenoxy) is 1. The highest BCUT2D eigenvalue weighted by atomic mass is 19.4. The Morgan fingerprint density at radius 1 is 1.08 bits per heavy atom. The molecular formula is C16H19F3O5. The van der Waals surface area contributed by atoms with Crippen LogP contribution in [0.5, 0.6) is 0 Å². The van der Waals surface area contributed by atoms with Gasteiger partial charge in [-0.3, -0.25) is 0 Å². The fourth-order valence-electron chi connectivity index (χ4n) is 1.90. The molecule has 0 radical (unpaired) electrons. The van der Waals surface area contributed by atoms with E-state index in [2.05, 4.69) is 0 Å². The second-order valence-electron chi connectivity index (χ2n) is 6.66. The lowest BCUT2D eigenvalue weighted by atomic mass is 9.92. The summed E-state index contributed by atoms with van der Waals surface area (Å²) >= 11 is 0. The van der Waals surface area contributed by atoms with E-state index < -0.39 is 41.1 Å². The lowest BCUT2D eigenvalue weighted by Gasteiger charge is -2.29. The number of hydrogen-bond acceptors (Lipinski definition) is 3. The van der Waals surface area contributed by atoms with Gasteiger partial charge >= 0.3 is 18.1 Å². The first-order valence-corrected chi connectivity index (χ1v) is 7.05. The fourth-order valence-corrected chi connectivity index (χ4v) is 1.90. The lowest BCUT2D eigenvalue weighted by Crippen LogP contribution is -2.52. The predicted octanol–water partition coefficient (Wildman–Crippen LogP) is 3.22. The van der Waals surface area contributed by atoms with Gasteiger partial charge in [-0.25, -0.2) is 9.59 Å². The standard InChI is InChI=1S/C16H19F3O5/c1-14(2,3)9-24-15(12(20)21,13(22)23)8-10-5-4-6-11(7-10)16(17,18)19/h4-7H,8-9H2,1-3H3,(H,20,21)(H,22,23). The number of carbonyl (C=O) groups is 2. The number of rotatable bonds is 6. The molecule has 1 aromatic carbocycles. The zero-order valence-corrected chi connectivity index (χ0v) is 13.5. The van der Waals surface area contributed by atoms with Gasteiger partial charge < -0.3 is 14.9 Å². The Kier molecular flexibility index (Phi) is 5.66. The molecule has 0 aliphatic rings. The average molecular weight is 348 g/mol. The molecular weight excluding hydrogens is 329 g/mol. The van der Waals surface area contributed by atoms with Crippen molar-refractivity contribution in [1.29, 1.82) is 0 Å². The Morgan fingerprint density at radius 2 is 1.62 bits per heavy atom. The molecule has 2 N–H and O–H groups in total. The van der Waals surface area contributed by atoms with E-state index in [-0.39, 0.29) is 12.2 Å². The first-order chi connectivity index (χ1) is 10.8. The molecule has 0 spiro atoms. The minimum atomic E-state index is -4.61. The van der Waals surface area contributed by atoms with E-state index >= 15 is 0 Å². The van der Waals surface area contributed by atoms with Crippen molar-refractivity contribution in [3.05, 3.63) is 35.4 Å². The van der Waals surface area contributed by atoms with Crippen LogP contribution in [0.2, 0.25) is 0 Å². The maximum absolute atomic E-state index is 12.8. The van der Waals surface area contributed by atoms with Crippen LogP contribution in [-0.4, -0.2) is 34.4 Å². The molecule has 134 valence electrons. The van der Waals surface area contributed by atoms with E-state index in [1.165, 1.54) is 6.07 Å². The molecule has 0 saturated heterocycles. The van der Waals surface area contributed by atoms with Crippen LogP contribution < -0.4 is 0 Å². The smallest absolute Gasteiger partial charge is 0.416 e. The number of hydrogen-bond donors (Lipinski definition) is 2. The number of carboxylic acid groups (broad SMARTS) is 2. The summed E-state index contributed by atoms with van der Waals surface area (Å²) in [5, 5.41) is 18.7. The molecule has 0 saturated carbocycles. The van der Waals surface area contributed by atoms with Gasteiger partial charge in [0.05, 0.1) is 12.2 Å². The molecule has 0 amide bonds. The van der Waals surface area contributed by atoms with Gasteiger partial charge in [0, 0.05) is 6.42 Å². The summed E-state index contributed by atoms with van der Waals surface area (Å²) in [6, 6.07) is 3.87. The Balaban J connectivity index is 3.22. The number of carboxylic acids is 2. The summed E-state index contributed by atoms with van der Waals surface area (Å²) < 4.78 is 43.4. The van der Waals surface area contributed by atoms with E-state index in [1.807, 2.05) is 0 Å². The van der Waals surface area contributed by atoms with E-state index in [4.69, 9.17) is 4.74 Å². The summed E-state index contributed by atoms with van der Waals surface area (Å²) in [6.45, 7) is 4.95. The Bertz CT molecular complexity index is 603. The Morgan fingerprint density at radius 3 is 2.04 bits per heavy atom. The topological polar surface area (TPSA) is 83.8 Å². The zero-order valence-electron chi connectivity index (χ0n) is 13.5. The van der Waals surface area contributed by atoms with Crippen LogP contribution in [0.3, 0.4) is 0 Å². The molecule has 8 heteroatoms. The molecule has 1 aromatic rings. The van der Waals surface area contributed by atoms with Gasteiger partial charge in [0.15, 0.2) is 0 Å². The fraction of sp³-hybridized carbons (Fsp3) is 0.500. The van der Waals surface area contributed by atoms with Crippen molar-refractivity contribution in [2.24, 2.45) is 5.41 Å². The van der Waals surface area contributed by atoms with E-state index in [0.29, 0.717) is 0 Å². The van der Waals surface area contributed by atoms with Crippen molar-refractivity contribution in [3.8, 4) is 0 Å². The first kappa shape index (κ1) is 20.0. The summed E-state index contributed by atoms with van der Waals surface area (Å²) in [6.07, 6.45) is -5.34. The highest BCUT2D eigenvalue weighted by Crippen LogP contribution is 2.31. The minimum absolute atomic E-state index is 0.0939. The molecule has 1 rings (SSSR count). The molecule has 0 heterocycles. The maximum Gasteiger partial charge on any atom is 0.416 e. The van der Waals surface area contributed by atoms with Crippen LogP contribution in [-0.2, 0) is 26.9 Å². The molecule has 0 fully saturated rings. The molecule has 0 bridgehead atoms. The SMILES string of the molecule is CC(C)(C)COC(Cc1cccc(C(F)(F)F)c1)(C(=O)O)C(=O)O. The van der Waals surface area contributed by atoms with Gasteiger partial charge in [-0.15, -0.1) is 0 Å². The van der Waals surface area contributed by atoms with Crippen LogP contribution in [0.15, 0.2) is 24.3 Å². The highest BCUT2D eigenvalue weighted by Gasteiger charge is 2.49. The molecule has 0 aromatic heterocycles. The molecule has 5 nitrogen and oxygen atoms in total. The van der Waals surface area contributed by atoms with Crippen molar-refractivity contribution >= 4 is 11.9 Å². The zero-order chi connectivity index (χ0) is 18.8. The average Bonchev–Trinajstić information content (AvgIpc) is 2.41. The predicted molar refractivity (Wildman–Crippen MR) is 78.6 cm³/mol. The van der Waals surface area contributed by atoms with E-state index in [9.17, 15) is 33.0 Å². The normalized spacial score (nSPS) is 12.9. The third-order valence-electron chi connectivity index (χ3n) is 3.15. The number of aliphatic carboxylic acids is 2. The monoisotopic (exact) mass is 348 g/mol. The van der Waals surface area contributed by atoms with Crippen LogP contribution in [0.25, 0.3) is 0 Å². The summed E-state index contributed by atoms with van der Waals surface area (Å²) in [4.78, 5) is 23.1. The van der Waals surface area contributed by atoms with Gasteiger partial charge in [-0.2, -0.15) is 13.2 Å². The second kappa shape index (κ2) is 6.80. The lowest BCUT2D eigenvalue weighted by molar-refractivity contribution is -0.186. The summed E-state index contributed by atoms with van der Waals surface area (Å²) in [7, 11) is 0. The van der Waals surface area contributed by atoms with Gasteiger partial charge in [0.25, 0.3) is 5.60 Å². The van der Waals surface area contributed by atoms with Crippen molar-refractivity contribution in [3.63, 3.8) is 0 Å². The third kappa shape index (κ3) is 4.95. The van der Waals surface area contributed by atoms with Crippen molar-refractivity contribution in [1.82, 2.24) is 0 Å². The van der Waals surface area contributed by atoms with Crippen LogP contribution >= 0.6 is 0 Å². The van der Waals surface area contributed by atoms with E-state index in [0.717, 1.165) is 18.2 Å². The van der Waals surface area contributed by atoms with Gasteiger partial charge in [0.1, 0.15) is 0 Å². The quantitative estimate of drug-likeness (QED) is 0.771. The first-order valence-electron chi connectivity index (χ1n) is 7.05.